The van der Waals surface area contributed by atoms with Gasteiger partial charge in [0.2, 0.25) is 0 Å². The zero-order valence-corrected chi connectivity index (χ0v) is 7.45. The second-order valence-electron chi connectivity index (χ2n) is 3.60. The molecule has 11 heavy (non-hydrogen) atoms. The Morgan fingerprint density at radius 1 is 1.64 bits per heavy atom. The average molecular weight is 158 g/mol. The molecule has 0 amide bonds. The Kier molecular flexibility index (Phi) is 3.30. The van der Waals surface area contributed by atoms with Crippen LogP contribution in [0.25, 0.3) is 0 Å². The smallest absolute Gasteiger partial charge is 0.0954 e. The van der Waals surface area contributed by atoms with Gasteiger partial charge in [-0.1, -0.05) is 0 Å². The van der Waals surface area contributed by atoms with Crippen LogP contribution in [0.3, 0.4) is 0 Å². The number of aliphatic hydroxyl groups excluding tert-OH is 1. The molecular formula is C8H18N2O. The molecule has 1 fully saturated rings. The summed E-state index contributed by atoms with van der Waals surface area (Å²) < 4.78 is 0. The number of nitrogens with zero attached hydrogens (tertiary/aromatic N) is 2. The van der Waals surface area contributed by atoms with Gasteiger partial charge in [0.15, 0.2) is 0 Å². The minimum absolute atomic E-state index is 0.181. The van der Waals surface area contributed by atoms with Crippen molar-refractivity contribution in [1.82, 2.24) is 9.80 Å². The summed E-state index contributed by atoms with van der Waals surface area (Å²) in [5, 5.41) is 8.77. The van der Waals surface area contributed by atoms with E-state index in [1.54, 1.807) is 0 Å². The van der Waals surface area contributed by atoms with E-state index in [1.807, 2.05) is 11.9 Å². The van der Waals surface area contributed by atoms with Crippen LogP contribution in [-0.4, -0.2) is 55.4 Å². The summed E-state index contributed by atoms with van der Waals surface area (Å²) in [5.41, 5.74) is 0. The van der Waals surface area contributed by atoms with E-state index in [0.29, 0.717) is 0 Å². The van der Waals surface area contributed by atoms with Gasteiger partial charge >= 0.3 is 0 Å². The molecule has 0 aromatic heterocycles. The fourth-order valence-electron chi connectivity index (χ4n) is 1.67. The number of rotatable bonds is 3. The van der Waals surface area contributed by atoms with Crippen LogP contribution in [0.5, 0.6) is 0 Å². The third kappa shape index (κ3) is 2.77. The first-order valence-corrected chi connectivity index (χ1v) is 4.20. The van der Waals surface area contributed by atoms with Crippen LogP contribution < -0.4 is 0 Å². The fraction of sp³-hybridized carbons (Fsp3) is 1.00. The average Bonchev–Trinajstić information content (AvgIpc) is 2.35. The van der Waals surface area contributed by atoms with E-state index >= 15 is 0 Å². The summed E-state index contributed by atoms with van der Waals surface area (Å²) in [7, 11) is 4.11. The van der Waals surface area contributed by atoms with Gasteiger partial charge in [0.25, 0.3) is 0 Å². The van der Waals surface area contributed by atoms with Gasteiger partial charge in [-0.25, -0.2) is 0 Å². The maximum atomic E-state index is 8.77. The molecule has 1 atom stereocenters. The van der Waals surface area contributed by atoms with Crippen molar-refractivity contribution < 1.29 is 5.11 Å². The van der Waals surface area contributed by atoms with E-state index in [4.69, 9.17) is 5.11 Å². The largest absolute Gasteiger partial charge is 0.381 e. The SMILES string of the molecule is CN(CO)CC1CCN(C)C1. The first kappa shape index (κ1) is 8.97. The van der Waals surface area contributed by atoms with Crippen LogP contribution in [0.4, 0.5) is 0 Å². The molecule has 1 N–H and O–H groups in total. The molecule has 0 aromatic rings. The standard InChI is InChI=1S/C8H18N2O/c1-9-4-3-8(5-9)6-10(2)7-11/h8,11H,3-7H2,1-2H3. The summed E-state index contributed by atoms with van der Waals surface area (Å²) in [4.78, 5) is 4.31. The Balaban J connectivity index is 2.17. The van der Waals surface area contributed by atoms with Gasteiger partial charge in [0.05, 0.1) is 6.73 Å². The molecule has 0 aliphatic carbocycles. The van der Waals surface area contributed by atoms with Gasteiger partial charge < -0.3 is 10.0 Å². The lowest BCUT2D eigenvalue weighted by Gasteiger charge is -2.17. The van der Waals surface area contributed by atoms with E-state index in [1.165, 1.54) is 19.5 Å². The van der Waals surface area contributed by atoms with Crippen molar-refractivity contribution in [1.29, 1.82) is 0 Å². The van der Waals surface area contributed by atoms with Gasteiger partial charge in [-0.15, -0.1) is 0 Å². The van der Waals surface area contributed by atoms with Crippen molar-refractivity contribution in [3.05, 3.63) is 0 Å². The molecule has 0 spiro atoms. The third-order valence-electron chi connectivity index (χ3n) is 2.30. The van der Waals surface area contributed by atoms with E-state index in [0.717, 1.165) is 12.5 Å². The van der Waals surface area contributed by atoms with Crippen LogP contribution in [0.15, 0.2) is 0 Å². The van der Waals surface area contributed by atoms with E-state index in [2.05, 4.69) is 11.9 Å². The number of likely N-dealkylation sites (tertiary alicyclic amines) is 1. The lowest BCUT2D eigenvalue weighted by atomic mass is 10.1. The number of hydrogen-bond acceptors (Lipinski definition) is 3. The first-order chi connectivity index (χ1) is 5.22. The zero-order valence-electron chi connectivity index (χ0n) is 7.45. The Labute approximate surface area is 68.6 Å². The van der Waals surface area contributed by atoms with Gasteiger partial charge in [-0.3, -0.25) is 4.90 Å². The van der Waals surface area contributed by atoms with Crippen LogP contribution >= 0.6 is 0 Å². The molecule has 0 aromatic carbocycles. The third-order valence-corrected chi connectivity index (χ3v) is 2.30. The van der Waals surface area contributed by atoms with Crippen molar-refractivity contribution in [2.75, 3.05) is 40.5 Å². The second-order valence-corrected chi connectivity index (χ2v) is 3.60. The minimum Gasteiger partial charge on any atom is -0.381 e. The van der Waals surface area contributed by atoms with E-state index in [9.17, 15) is 0 Å². The zero-order chi connectivity index (χ0) is 8.27. The van der Waals surface area contributed by atoms with Crippen molar-refractivity contribution in [3.63, 3.8) is 0 Å². The predicted molar refractivity (Wildman–Crippen MR) is 45.3 cm³/mol. The van der Waals surface area contributed by atoms with Crippen molar-refractivity contribution in [3.8, 4) is 0 Å². The highest BCUT2D eigenvalue weighted by Gasteiger charge is 2.19. The highest BCUT2D eigenvalue weighted by atomic mass is 16.3. The van der Waals surface area contributed by atoms with E-state index in [-0.39, 0.29) is 6.73 Å². The number of aliphatic hydroxyl groups is 1. The Morgan fingerprint density at radius 3 is 2.82 bits per heavy atom. The van der Waals surface area contributed by atoms with Gasteiger partial charge in [-0.2, -0.15) is 0 Å². The molecule has 0 saturated carbocycles. The lowest BCUT2D eigenvalue weighted by molar-refractivity contribution is 0.117. The van der Waals surface area contributed by atoms with Crippen LogP contribution in [0, 0.1) is 5.92 Å². The van der Waals surface area contributed by atoms with Crippen LogP contribution in [0.2, 0.25) is 0 Å². The molecule has 3 nitrogen and oxygen atoms in total. The molecule has 1 rings (SSSR count). The van der Waals surface area contributed by atoms with Gasteiger partial charge in [-0.05, 0) is 33.0 Å². The Morgan fingerprint density at radius 2 is 2.36 bits per heavy atom. The Hall–Kier alpha value is -0.120. The molecule has 1 aliphatic rings. The first-order valence-electron chi connectivity index (χ1n) is 4.20. The quantitative estimate of drug-likeness (QED) is 0.577. The minimum atomic E-state index is 0.181. The van der Waals surface area contributed by atoms with E-state index < -0.39 is 0 Å². The maximum absolute atomic E-state index is 8.77. The summed E-state index contributed by atoms with van der Waals surface area (Å²) in [6.07, 6.45) is 1.28. The van der Waals surface area contributed by atoms with Gasteiger partial charge in [0, 0.05) is 13.1 Å². The molecule has 1 aliphatic heterocycles. The van der Waals surface area contributed by atoms with Crippen molar-refractivity contribution >= 4 is 0 Å². The highest BCUT2D eigenvalue weighted by molar-refractivity contribution is 4.74. The summed E-state index contributed by atoms with van der Waals surface area (Å²) in [5.74, 6) is 0.761. The van der Waals surface area contributed by atoms with Crippen LogP contribution in [-0.2, 0) is 0 Å². The highest BCUT2D eigenvalue weighted by Crippen LogP contribution is 2.14. The fourth-order valence-corrected chi connectivity index (χ4v) is 1.67. The monoisotopic (exact) mass is 158 g/mol. The van der Waals surface area contributed by atoms with Crippen molar-refractivity contribution in [2.24, 2.45) is 5.92 Å². The maximum Gasteiger partial charge on any atom is 0.0954 e. The van der Waals surface area contributed by atoms with Gasteiger partial charge in [0.1, 0.15) is 0 Å². The molecule has 1 heterocycles. The molecule has 3 heteroatoms. The second kappa shape index (κ2) is 4.04. The predicted octanol–water partition coefficient (Wildman–Crippen LogP) is -0.180. The normalized spacial score (nSPS) is 26.7. The summed E-state index contributed by atoms with van der Waals surface area (Å²) >= 11 is 0. The summed E-state index contributed by atoms with van der Waals surface area (Å²) in [6.45, 7) is 3.61. The molecule has 1 unspecified atom stereocenters. The van der Waals surface area contributed by atoms with Crippen LogP contribution in [0.1, 0.15) is 6.42 Å². The summed E-state index contributed by atoms with van der Waals surface area (Å²) in [6, 6.07) is 0. The molecule has 1 saturated heterocycles. The topological polar surface area (TPSA) is 26.7 Å². The molecule has 0 bridgehead atoms. The molecular weight excluding hydrogens is 140 g/mol. The molecule has 0 radical (unpaired) electrons. The lowest BCUT2D eigenvalue weighted by Crippen LogP contribution is -2.27. The molecule has 66 valence electrons. The van der Waals surface area contributed by atoms with Crippen molar-refractivity contribution in [2.45, 2.75) is 6.42 Å². The number of hydrogen-bond donors (Lipinski definition) is 1. The Bertz CT molecular complexity index is 119.